The van der Waals surface area contributed by atoms with Crippen molar-refractivity contribution in [2.75, 3.05) is 39.0 Å². The van der Waals surface area contributed by atoms with Crippen LogP contribution in [0.15, 0.2) is 4.99 Å². The SMILES string of the molecule is CCOC(=O)CCCCCCNC(=NC)N1CCSC(CC)C1. The van der Waals surface area contributed by atoms with Gasteiger partial charge in [0.25, 0.3) is 0 Å². The molecule has 1 aliphatic rings. The summed E-state index contributed by atoms with van der Waals surface area (Å²) < 4.78 is 4.93. The van der Waals surface area contributed by atoms with Gasteiger partial charge in [-0.15, -0.1) is 0 Å². The normalized spacial score (nSPS) is 18.8. The molecule has 0 aliphatic carbocycles. The van der Waals surface area contributed by atoms with Crippen molar-refractivity contribution in [1.29, 1.82) is 0 Å². The van der Waals surface area contributed by atoms with Crippen molar-refractivity contribution in [3.05, 3.63) is 0 Å². The van der Waals surface area contributed by atoms with E-state index in [1.165, 1.54) is 12.2 Å². The van der Waals surface area contributed by atoms with Crippen LogP contribution in [0.1, 0.15) is 52.4 Å². The van der Waals surface area contributed by atoms with Crippen LogP contribution in [0.4, 0.5) is 0 Å². The summed E-state index contributed by atoms with van der Waals surface area (Å²) in [5.74, 6) is 2.15. The summed E-state index contributed by atoms with van der Waals surface area (Å²) in [4.78, 5) is 18.0. The van der Waals surface area contributed by atoms with Crippen LogP contribution < -0.4 is 5.32 Å². The Bertz CT molecular complexity index is 364. The topological polar surface area (TPSA) is 53.9 Å². The Morgan fingerprint density at radius 2 is 2.09 bits per heavy atom. The maximum atomic E-state index is 11.2. The van der Waals surface area contributed by atoms with Crippen LogP contribution in [0.5, 0.6) is 0 Å². The van der Waals surface area contributed by atoms with E-state index in [9.17, 15) is 4.79 Å². The molecule has 1 unspecified atom stereocenters. The van der Waals surface area contributed by atoms with Gasteiger partial charge in [0.15, 0.2) is 5.96 Å². The average molecular weight is 344 g/mol. The Balaban J connectivity index is 2.10. The van der Waals surface area contributed by atoms with Gasteiger partial charge in [-0.2, -0.15) is 11.8 Å². The van der Waals surface area contributed by atoms with Gasteiger partial charge >= 0.3 is 5.97 Å². The second-order valence-corrected chi connectivity index (χ2v) is 7.20. The van der Waals surface area contributed by atoms with Crippen molar-refractivity contribution in [3.8, 4) is 0 Å². The molecule has 0 radical (unpaired) electrons. The molecule has 0 spiro atoms. The zero-order chi connectivity index (χ0) is 16.9. The monoisotopic (exact) mass is 343 g/mol. The fraction of sp³-hybridized carbons (Fsp3) is 0.882. The predicted octanol–water partition coefficient (Wildman–Crippen LogP) is 2.90. The van der Waals surface area contributed by atoms with Crippen LogP contribution in [0.3, 0.4) is 0 Å². The highest BCUT2D eigenvalue weighted by Crippen LogP contribution is 2.20. The van der Waals surface area contributed by atoms with Gasteiger partial charge in [-0.1, -0.05) is 19.8 Å². The molecule has 1 fully saturated rings. The number of esters is 1. The zero-order valence-electron chi connectivity index (χ0n) is 15.0. The summed E-state index contributed by atoms with van der Waals surface area (Å²) in [7, 11) is 1.87. The van der Waals surface area contributed by atoms with Gasteiger partial charge in [0.1, 0.15) is 0 Å². The number of unbranched alkanes of at least 4 members (excludes halogenated alkanes) is 3. The minimum Gasteiger partial charge on any atom is -0.466 e. The number of aliphatic imine (C=N–C) groups is 1. The summed E-state index contributed by atoms with van der Waals surface area (Å²) in [5.41, 5.74) is 0. The predicted molar refractivity (Wildman–Crippen MR) is 99.2 cm³/mol. The molecule has 6 heteroatoms. The molecule has 1 aliphatic heterocycles. The van der Waals surface area contributed by atoms with Crippen molar-refractivity contribution in [3.63, 3.8) is 0 Å². The molecule has 0 bridgehead atoms. The second kappa shape index (κ2) is 12.5. The smallest absolute Gasteiger partial charge is 0.305 e. The van der Waals surface area contributed by atoms with E-state index in [0.717, 1.165) is 56.5 Å². The molecule has 134 valence electrons. The summed E-state index contributed by atoms with van der Waals surface area (Å²) in [6.45, 7) is 7.72. The van der Waals surface area contributed by atoms with E-state index in [1.54, 1.807) is 0 Å². The molecule has 23 heavy (non-hydrogen) atoms. The van der Waals surface area contributed by atoms with Crippen molar-refractivity contribution in [1.82, 2.24) is 10.2 Å². The Morgan fingerprint density at radius 1 is 1.30 bits per heavy atom. The third kappa shape index (κ3) is 8.49. The summed E-state index contributed by atoms with van der Waals surface area (Å²) >= 11 is 2.08. The number of nitrogens with zero attached hydrogens (tertiary/aromatic N) is 2. The Hall–Kier alpha value is -0.910. The van der Waals surface area contributed by atoms with E-state index in [0.29, 0.717) is 13.0 Å². The largest absolute Gasteiger partial charge is 0.466 e. The molecular formula is C17H33N3O2S. The van der Waals surface area contributed by atoms with Crippen LogP contribution in [-0.4, -0.2) is 61.1 Å². The Labute approximate surface area is 145 Å². The van der Waals surface area contributed by atoms with Crippen molar-refractivity contribution < 1.29 is 9.53 Å². The van der Waals surface area contributed by atoms with Crippen molar-refractivity contribution >= 4 is 23.7 Å². The molecule has 0 aromatic rings. The van der Waals surface area contributed by atoms with E-state index in [2.05, 4.69) is 33.9 Å². The van der Waals surface area contributed by atoms with E-state index in [1.807, 2.05) is 14.0 Å². The molecule has 1 heterocycles. The van der Waals surface area contributed by atoms with Gasteiger partial charge in [-0.25, -0.2) is 0 Å². The first-order valence-electron chi connectivity index (χ1n) is 8.94. The molecular weight excluding hydrogens is 310 g/mol. The van der Waals surface area contributed by atoms with Gasteiger partial charge in [0.2, 0.25) is 0 Å². The first-order valence-corrected chi connectivity index (χ1v) is 9.98. The third-order valence-electron chi connectivity index (χ3n) is 4.00. The third-order valence-corrected chi connectivity index (χ3v) is 5.37. The lowest BCUT2D eigenvalue weighted by Gasteiger charge is -2.34. The second-order valence-electron chi connectivity index (χ2n) is 5.79. The van der Waals surface area contributed by atoms with Crippen LogP contribution in [-0.2, 0) is 9.53 Å². The number of hydrogen-bond donors (Lipinski definition) is 1. The van der Waals surface area contributed by atoms with E-state index in [4.69, 9.17) is 4.74 Å². The molecule has 1 rings (SSSR count). The minimum absolute atomic E-state index is 0.0699. The van der Waals surface area contributed by atoms with Gasteiger partial charge < -0.3 is 15.0 Å². The lowest BCUT2D eigenvalue weighted by molar-refractivity contribution is -0.143. The number of thioether (sulfide) groups is 1. The molecule has 5 nitrogen and oxygen atoms in total. The first kappa shape index (κ1) is 20.1. The summed E-state index contributed by atoms with van der Waals surface area (Å²) in [6.07, 6.45) is 6.02. The van der Waals surface area contributed by atoms with Crippen molar-refractivity contribution in [2.24, 2.45) is 4.99 Å². The quantitative estimate of drug-likeness (QED) is 0.302. The lowest BCUT2D eigenvalue weighted by atomic mass is 10.1. The standard InChI is InChI=1S/C17H33N3O2S/c1-4-15-14-20(12-13-23-15)17(18-3)19-11-9-7-6-8-10-16(21)22-5-2/h15H,4-14H2,1-3H3,(H,18,19). The lowest BCUT2D eigenvalue weighted by Crippen LogP contribution is -2.48. The number of carbonyl (C=O) groups is 1. The maximum absolute atomic E-state index is 11.2. The Morgan fingerprint density at radius 3 is 2.78 bits per heavy atom. The van der Waals surface area contributed by atoms with E-state index < -0.39 is 0 Å². The molecule has 0 saturated carbocycles. The molecule has 1 saturated heterocycles. The molecule has 1 atom stereocenters. The fourth-order valence-corrected chi connectivity index (χ4v) is 3.85. The van der Waals surface area contributed by atoms with Crippen molar-refractivity contribution in [2.45, 2.75) is 57.6 Å². The van der Waals surface area contributed by atoms with Crippen LogP contribution >= 0.6 is 11.8 Å². The molecule has 0 aromatic carbocycles. The highest BCUT2D eigenvalue weighted by Gasteiger charge is 2.21. The number of rotatable bonds is 9. The first-order chi connectivity index (χ1) is 11.2. The Kier molecular flexibility index (Phi) is 10.9. The fourth-order valence-electron chi connectivity index (χ4n) is 2.67. The van der Waals surface area contributed by atoms with Gasteiger partial charge in [0.05, 0.1) is 6.61 Å². The number of hydrogen-bond acceptors (Lipinski definition) is 4. The van der Waals surface area contributed by atoms with Crippen LogP contribution in [0, 0.1) is 0 Å². The van der Waals surface area contributed by atoms with Gasteiger partial charge in [0, 0.05) is 44.1 Å². The summed E-state index contributed by atoms with van der Waals surface area (Å²) in [5, 5.41) is 4.21. The highest BCUT2D eigenvalue weighted by atomic mass is 32.2. The van der Waals surface area contributed by atoms with Gasteiger partial charge in [-0.3, -0.25) is 9.79 Å². The molecule has 0 aromatic heterocycles. The molecule has 1 N–H and O–H groups in total. The average Bonchev–Trinajstić information content (AvgIpc) is 2.57. The number of carbonyl (C=O) groups excluding carboxylic acids is 1. The van der Waals surface area contributed by atoms with Gasteiger partial charge in [-0.05, 0) is 26.2 Å². The summed E-state index contributed by atoms with van der Waals surface area (Å²) in [6, 6.07) is 0. The highest BCUT2D eigenvalue weighted by molar-refractivity contribution is 8.00. The maximum Gasteiger partial charge on any atom is 0.305 e. The van der Waals surface area contributed by atoms with E-state index >= 15 is 0 Å². The zero-order valence-corrected chi connectivity index (χ0v) is 15.8. The molecule has 0 amide bonds. The van der Waals surface area contributed by atoms with Crippen LogP contribution in [0.25, 0.3) is 0 Å². The van der Waals surface area contributed by atoms with E-state index in [-0.39, 0.29) is 5.97 Å². The number of guanidine groups is 1. The number of nitrogens with one attached hydrogen (secondary N) is 1. The minimum atomic E-state index is -0.0699. The number of ether oxygens (including phenoxy) is 1. The van der Waals surface area contributed by atoms with Crippen LogP contribution in [0.2, 0.25) is 0 Å².